The number of carbonyl (C=O) groups excluding carboxylic acids is 2. The van der Waals surface area contributed by atoms with E-state index in [0.717, 1.165) is 54.7 Å². The van der Waals surface area contributed by atoms with Crippen molar-refractivity contribution in [3.05, 3.63) is 28.2 Å². The highest BCUT2D eigenvalue weighted by atomic mass is 32.1. The average molecular weight is 337 g/mol. The number of aryl methyl sites for hydroxylation is 1. The predicted molar refractivity (Wildman–Crippen MR) is 86.9 cm³/mol. The van der Waals surface area contributed by atoms with Gasteiger partial charge in [-0.15, -0.1) is 11.3 Å². The van der Waals surface area contributed by atoms with E-state index in [4.69, 9.17) is 9.84 Å². The highest BCUT2D eigenvalue weighted by Gasteiger charge is 2.27. The zero-order valence-electron chi connectivity index (χ0n) is 12.9. The summed E-state index contributed by atoms with van der Waals surface area (Å²) in [5.41, 5.74) is 1.38. The third-order valence-corrected chi connectivity index (χ3v) is 4.63. The molecule has 0 aromatic carbocycles. The van der Waals surface area contributed by atoms with Crippen LogP contribution in [0.3, 0.4) is 0 Å². The average Bonchev–Trinajstić information content (AvgIpc) is 2.88. The van der Waals surface area contributed by atoms with Gasteiger partial charge in [0.05, 0.1) is 12.2 Å². The molecule has 23 heavy (non-hydrogen) atoms. The van der Waals surface area contributed by atoms with E-state index >= 15 is 0 Å². The van der Waals surface area contributed by atoms with E-state index in [9.17, 15) is 14.4 Å². The monoisotopic (exact) mass is 337 g/mol. The van der Waals surface area contributed by atoms with E-state index in [2.05, 4.69) is 5.32 Å². The number of carbonyl (C=O) groups is 3. The summed E-state index contributed by atoms with van der Waals surface area (Å²) in [6, 6.07) is 0. The van der Waals surface area contributed by atoms with Crippen LogP contribution in [0.25, 0.3) is 0 Å². The fourth-order valence-electron chi connectivity index (χ4n) is 2.44. The third kappa shape index (κ3) is 4.41. The van der Waals surface area contributed by atoms with Gasteiger partial charge in [-0.2, -0.15) is 0 Å². The predicted octanol–water partition coefficient (Wildman–Crippen LogP) is 2.77. The minimum absolute atomic E-state index is 0.329. The maximum Gasteiger partial charge on any atom is 0.341 e. The molecule has 1 aromatic heterocycles. The number of rotatable bonds is 6. The van der Waals surface area contributed by atoms with Crippen molar-refractivity contribution in [1.82, 2.24) is 0 Å². The summed E-state index contributed by atoms with van der Waals surface area (Å²) in [5.74, 6) is -2.20. The van der Waals surface area contributed by atoms with E-state index in [1.54, 1.807) is 0 Å². The summed E-state index contributed by atoms with van der Waals surface area (Å²) in [7, 11) is 0. The molecular weight excluding hydrogens is 318 g/mol. The smallest absolute Gasteiger partial charge is 0.341 e. The first kappa shape index (κ1) is 17.2. The SMILES string of the molecule is CCCOC(=O)c1c(NC(=O)/C=C/C(=O)O)sc2c1CCCC2. The molecule has 2 N–H and O–H groups in total. The van der Waals surface area contributed by atoms with E-state index in [0.29, 0.717) is 17.2 Å². The van der Waals surface area contributed by atoms with Crippen molar-refractivity contribution in [2.24, 2.45) is 0 Å². The van der Waals surface area contributed by atoms with Crippen LogP contribution in [0.15, 0.2) is 12.2 Å². The van der Waals surface area contributed by atoms with Crippen molar-refractivity contribution in [3.8, 4) is 0 Å². The van der Waals surface area contributed by atoms with E-state index in [1.165, 1.54) is 11.3 Å². The number of anilines is 1. The molecule has 0 radical (unpaired) electrons. The van der Waals surface area contributed by atoms with Crippen molar-refractivity contribution >= 4 is 34.2 Å². The van der Waals surface area contributed by atoms with Crippen molar-refractivity contribution in [2.75, 3.05) is 11.9 Å². The van der Waals surface area contributed by atoms with Crippen LogP contribution >= 0.6 is 11.3 Å². The van der Waals surface area contributed by atoms with Crippen molar-refractivity contribution in [1.29, 1.82) is 0 Å². The Morgan fingerprint density at radius 2 is 2.00 bits per heavy atom. The summed E-state index contributed by atoms with van der Waals surface area (Å²) in [5, 5.41) is 11.6. The van der Waals surface area contributed by atoms with Crippen LogP contribution in [0.5, 0.6) is 0 Å². The quantitative estimate of drug-likeness (QED) is 0.615. The summed E-state index contributed by atoms with van der Waals surface area (Å²) in [6.45, 7) is 2.24. The second-order valence-electron chi connectivity index (χ2n) is 5.21. The minimum atomic E-state index is -1.20. The van der Waals surface area contributed by atoms with Crippen LogP contribution in [0.2, 0.25) is 0 Å². The van der Waals surface area contributed by atoms with Gasteiger partial charge in [-0.3, -0.25) is 4.79 Å². The number of esters is 1. The number of hydrogen-bond donors (Lipinski definition) is 2. The maximum absolute atomic E-state index is 12.3. The number of thiophene rings is 1. The van der Waals surface area contributed by atoms with Gasteiger partial charge in [-0.25, -0.2) is 9.59 Å². The molecule has 1 aromatic rings. The summed E-state index contributed by atoms with van der Waals surface area (Å²) < 4.78 is 5.23. The van der Waals surface area contributed by atoms with Crippen LogP contribution in [-0.2, 0) is 27.2 Å². The van der Waals surface area contributed by atoms with Gasteiger partial charge in [0.1, 0.15) is 5.00 Å². The topological polar surface area (TPSA) is 92.7 Å². The maximum atomic E-state index is 12.3. The first-order chi connectivity index (χ1) is 11.0. The van der Waals surface area contributed by atoms with Gasteiger partial charge in [-0.05, 0) is 37.7 Å². The molecule has 0 atom stereocenters. The van der Waals surface area contributed by atoms with Crippen molar-refractivity contribution < 1.29 is 24.2 Å². The Hall–Kier alpha value is -2.15. The number of aliphatic carboxylic acids is 1. The highest BCUT2D eigenvalue weighted by molar-refractivity contribution is 7.17. The van der Waals surface area contributed by atoms with Gasteiger partial charge in [-0.1, -0.05) is 6.92 Å². The standard InChI is InChI=1S/C16H19NO5S/c1-2-9-22-16(21)14-10-5-3-4-6-11(10)23-15(14)17-12(18)7-8-13(19)20/h7-8H,2-6,9H2,1H3,(H,17,18)(H,19,20)/b8-7+. The van der Waals surface area contributed by atoms with Crippen molar-refractivity contribution in [2.45, 2.75) is 39.0 Å². The molecule has 0 unspecified atom stereocenters. The third-order valence-electron chi connectivity index (χ3n) is 3.43. The van der Waals surface area contributed by atoms with Crippen LogP contribution in [0.1, 0.15) is 47.0 Å². The fourth-order valence-corrected chi connectivity index (χ4v) is 3.72. The molecule has 7 heteroatoms. The molecule has 1 aliphatic rings. The van der Waals surface area contributed by atoms with Crippen molar-refractivity contribution in [3.63, 3.8) is 0 Å². The zero-order valence-corrected chi connectivity index (χ0v) is 13.7. The largest absolute Gasteiger partial charge is 0.478 e. The van der Waals surface area contributed by atoms with E-state index < -0.39 is 17.8 Å². The number of ether oxygens (including phenoxy) is 1. The van der Waals surface area contributed by atoms with Crippen LogP contribution in [0.4, 0.5) is 5.00 Å². The number of fused-ring (bicyclic) bond motifs is 1. The van der Waals surface area contributed by atoms with Gasteiger partial charge < -0.3 is 15.2 Å². The highest BCUT2D eigenvalue weighted by Crippen LogP contribution is 2.38. The second-order valence-corrected chi connectivity index (χ2v) is 6.32. The Balaban J connectivity index is 2.27. The van der Waals surface area contributed by atoms with Gasteiger partial charge in [0, 0.05) is 17.0 Å². The lowest BCUT2D eigenvalue weighted by Crippen LogP contribution is -2.14. The van der Waals surface area contributed by atoms with E-state index in [1.807, 2.05) is 6.92 Å². The van der Waals surface area contributed by atoms with E-state index in [-0.39, 0.29) is 0 Å². The second kappa shape index (κ2) is 7.92. The summed E-state index contributed by atoms with van der Waals surface area (Å²) in [4.78, 5) is 35.7. The van der Waals surface area contributed by atoms with Gasteiger partial charge in [0.15, 0.2) is 0 Å². The normalized spacial score (nSPS) is 13.6. The van der Waals surface area contributed by atoms with Gasteiger partial charge in [0.25, 0.3) is 0 Å². The van der Waals surface area contributed by atoms with Crippen LogP contribution in [0, 0.1) is 0 Å². The molecule has 0 saturated heterocycles. The minimum Gasteiger partial charge on any atom is -0.478 e. The Labute approximate surface area is 138 Å². The lowest BCUT2D eigenvalue weighted by Gasteiger charge is -2.12. The number of amides is 1. The molecule has 1 heterocycles. The molecule has 6 nitrogen and oxygen atoms in total. The van der Waals surface area contributed by atoms with Crippen LogP contribution in [-0.4, -0.2) is 29.6 Å². The number of carboxylic acids is 1. The Kier molecular flexibility index (Phi) is 5.92. The molecule has 1 amide bonds. The molecule has 1 aliphatic carbocycles. The number of carboxylic acid groups (broad SMARTS) is 1. The molecule has 0 aliphatic heterocycles. The van der Waals surface area contributed by atoms with Gasteiger partial charge in [0.2, 0.25) is 5.91 Å². The molecule has 0 spiro atoms. The summed E-state index contributed by atoms with van der Waals surface area (Å²) in [6.07, 6.45) is 6.16. The Morgan fingerprint density at radius 3 is 2.70 bits per heavy atom. The molecule has 0 saturated carbocycles. The number of hydrogen-bond acceptors (Lipinski definition) is 5. The summed E-state index contributed by atoms with van der Waals surface area (Å²) >= 11 is 1.37. The molecule has 0 fully saturated rings. The Morgan fingerprint density at radius 1 is 1.26 bits per heavy atom. The fraction of sp³-hybridized carbons (Fsp3) is 0.438. The van der Waals surface area contributed by atoms with Crippen LogP contribution < -0.4 is 5.32 Å². The first-order valence-electron chi connectivity index (χ1n) is 7.56. The molecular formula is C16H19NO5S. The zero-order chi connectivity index (χ0) is 16.8. The molecule has 124 valence electrons. The first-order valence-corrected chi connectivity index (χ1v) is 8.38. The lowest BCUT2D eigenvalue weighted by atomic mass is 9.95. The lowest BCUT2D eigenvalue weighted by molar-refractivity contribution is -0.131. The van der Waals surface area contributed by atoms with Gasteiger partial charge >= 0.3 is 11.9 Å². The number of nitrogens with one attached hydrogen (secondary N) is 1. The Bertz CT molecular complexity index is 647. The molecule has 0 bridgehead atoms. The molecule has 2 rings (SSSR count).